The molecular weight excluding hydrogens is 1010 g/mol. The molecule has 0 spiro atoms. The second-order valence-corrected chi connectivity index (χ2v) is 22.6. The zero-order chi connectivity index (χ0) is 57.8. The first-order chi connectivity index (χ1) is 40.5. The van der Waals surface area contributed by atoms with Crippen LogP contribution < -0.4 is 24.3 Å². The van der Waals surface area contributed by atoms with Crippen molar-refractivity contribution in [3.8, 4) is 16.9 Å². The number of anilines is 12. The van der Waals surface area contributed by atoms with Crippen LogP contribution in [0, 0.1) is 41.5 Å². The standard InChI is InChI=1S/C78H82N4O/c1-10-13-19-62-53-63(20-14-11-2)55-75(54-62)80(68-37-35-67(36-38-68)79(70-47-49-76(50-48-70)83-51-15-12-3)66-33-29-65(30-34-66)64-27-22-56(4)23-28-64)69-39-41-71(42-40-69)81(77-52-58(6)21-26-59(77)7)72-43-45-74(46-44-72)82(73-31-24-57(5)25-32-73)78-60(8)17-16-18-61(78)9/h16-18,21-50,52-55H,10-15,19-20,51H2,1-9H3. The highest BCUT2D eigenvalue weighted by molar-refractivity contribution is 5.87. The van der Waals surface area contributed by atoms with E-state index in [0.29, 0.717) is 6.61 Å². The van der Waals surface area contributed by atoms with Crippen molar-refractivity contribution >= 4 is 68.2 Å². The molecule has 0 bridgehead atoms. The smallest absolute Gasteiger partial charge is 0.119 e. The van der Waals surface area contributed by atoms with Crippen molar-refractivity contribution in [3.63, 3.8) is 0 Å². The van der Waals surface area contributed by atoms with Crippen LogP contribution in [-0.4, -0.2) is 6.61 Å². The number of benzene rings is 10. The van der Waals surface area contributed by atoms with Crippen LogP contribution in [0.3, 0.4) is 0 Å². The van der Waals surface area contributed by atoms with Crippen LogP contribution in [0.5, 0.6) is 5.75 Å². The Hall–Kier alpha value is -8.80. The molecule has 0 saturated carbocycles. The highest BCUT2D eigenvalue weighted by Gasteiger charge is 2.22. The molecule has 0 fully saturated rings. The van der Waals surface area contributed by atoms with Gasteiger partial charge in [0.1, 0.15) is 5.75 Å². The quantitative estimate of drug-likeness (QED) is 0.0594. The van der Waals surface area contributed by atoms with Gasteiger partial charge in [0, 0.05) is 62.6 Å². The van der Waals surface area contributed by atoms with Gasteiger partial charge in [0.15, 0.2) is 0 Å². The summed E-state index contributed by atoms with van der Waals surface area (Å²) in [5.74, 6) is 0.887. The monoisotopic (exact) mass is 1090 g/mol. The minimum absolute atomic E-state index is 0.713. The zero-order valence-electron chi connectivity index (χ0n) is 50.4. The van der Waals surface area contributed by atoms with E-state index in [1.807, 2.05) is 0 Å². The Labute approximate surface area is 496 Å². The molecule has 0 heterocycles. The third kappa shape index (κ3) is 13.6. The lowest BCUT2D eigenvalue weighted by Gasteiger charge is -2.31. The van der Waals surface area contributed by atoms with Gasteiger partial charge >= 0.3 is 0 Å². The number of hydrogen-bond donors (Lipinski definition) is 0. The number of para-hydroxylation sites is 1. The second-order valence-electron chi connectivity index (χ2n) is 22.6. The topological polar surface area (TPSA) is 22.2 Å². The van der Waals surface area contributed by atoms with Gasteiger partial charge in [0.25, 0.3) is 0 Å². The molecule has 0 aromatic heterocycles. The van der Waals surface area contributed by atoms with Gasteiger partial charge in [-0.2, -0.15) is 0 Å². The summed E-state index contributed by atoms with van der Waals surface area (Å²) in [5.41, 5.74) is 25.9. The Morgan fingerprint density at radius 2 is 0.663 bits per heavy atom. The lowest BCUT2D eigenvalue weighted by Crippen LogP contribution is -2.15. The summed E-state index contributed by atoms with van der Waals surface area (Å²) in [7, 11) is 0. The third-order valence-electron chi connectivity index (χ3n) is 16.0. The summed E-state index contributed by atoms with van der Waals surface area (Å²) in [5, 5.41) is 0. The van der Waals surface area contributed by atoms with E-state index in [2.05, 4.69) is 306 Å². The van der Waals surface area contributed by atoms with Gasteiger partial charge in [-0.15, -0.1) is 0 Å². The number of rotatable bonds is 23. The molecule has 0 saturated heterocycles. The van der Waals surface area contributed by atoms with E-state index in [1.165, 1.54) is 67.0 Å². The molecule has 83 heavy (non-hydrogen) atoms. The van der Waals surface area contributed by atoms with Gasteiger partial charge < -0.3 is 24.3 Å². The van der Waals surface area contributed by atoms with Crippen molar-refractivity contribution in [2.24, 2.45) is 0 Å². The molecule has 5 heteroatoms. The summed E-state index contributed by atoms with van der Waals surface area (Å²) >= 11 is 0. The molecule has 10 aromatic carbocycles. The van der Waals surface area contributed by atoms with Crippen LogP contribution >= 0.6 is 0 Å². The Morgan fingerprint density at radius 1 is 0.301 bits per heavy atom. The van der Waals surface area contributed by atoms with Gasteiger partial charge in [0.2, 0.25) is 0 Å². The van der Waals surface area contributed by atoms with E-state index in [0.717, 1.165) is 114 Å². The van der Waals surface area contributed by atoms with Crippen molar-refractivity contribution in [1.82, 2.24) is 0 Å². The maximum atomic E-state index is 6.15. The maximum absolute atomic E-state index is 6.15. The van der Waals surface area contributed by atoms with Crippen molar-refractivity contribution in [2.75, 3.05) is 26.2 Å². The molecule has 5 nitrogen and oxygen atoms in total. The maximum Gasteiger partial charge on any atom is 0.119 e. The van der Waals surface area contributed by atoms with Crippen molar-refractivity contribution in [1.29, 1.82) is 0 Å². The van der Waals surface area contributed by atoms with E-state index in [9.17, 15) is 0 Å². The van der Waals surface area contributed by atoms with Crippen molar-refractivity contribution in [3.05, 3.63) is 269 Å². The second kappa shape index (κ2) is 26.9. The van der Waals surface area contributed by atoms with Crippen LogP contribution in [0.4, 0.5) is 68.2 Å². The summed E-state index contributed by atoms with van der Waals surface area (Å²) < 4.78 is 6.15. The average molecular weight is 1090 g/mol. The summed E-state index contributed by atoms with van der Waals surface area (Å²) in [6.07, 6.45) is 8.83. The molecule has 10 aromatic rings. The SMILES string of the molecule is CCCCOc1ccc(N(c2ccc(-c3ccc(C)cc3)cc2)c2ccc(N(c3ccc(N(c4ccc(N(c5ccc(C)cc5)c5c(C)cccc5C)cc4)c4cc(C)ccc4C)cc3)c3cc(CCCC)cc(CCCC)c3)cc2)cc1. The van der Waals surface area contributed by atoms with E-state index in [4.69, 9.17) is 4.74 Å². The number of hydrogen-bond acceptors (Lipinski definition) is 5. The molecule has 0 N–H and O–H groups in total. The lowest BCUT2D eigenvalue weighted by atomic mass is 10.00. The molecule has 0 aliphatic heterocycles. The minimum Gasteiger partial charge on any atom is -0.494 e. The molecule has 10 rings (SSSR count). The predicted molar refractivity (Wildman–Crippen MR) is 357 cm³/mol. The van der Waals surface area contributed by atoms with Crippen LogP contribution in [0.15, 0.2) is 224 Å². The van der Waals surface area contributed by atoms with Gasteiger partial charge in [-0.1, -0.05) is 136 Å². The first-order valence-corrected chi connectivity index (χ1v) is 30.2. The number of ether oxygens (including phenoxy) is 1. The van der Waals surface area contributed by atoms with Gasteiger partial charge in [-0.25, -0.2) is 0 Å². The van der Waals surface area contributed by atoms with Crippen molar-refractivity contribution < 1.29 is 4.74 Å². The fourth-order valence-electron chi connectivity index (χ4n) is 11.3. The molecular formula is C78H82N4O. The fourth-order valence-corrected chi connectivity index (χ4v) is 11.3. The zero-order valence-corrected chi connectivity index (χ0v) is 50.4. The molecule has 0 radical (unpaired) electrons. The van der Waals surface area contributed by atoms with E-state index >= 15 is 0 Å². The molecule has 0 amide bonds. The van der Waals surface area contributed by atoms with Crippen LogP contribution in [0.2, 0.25) is 0 Å². The lowest BCUT2D eigenvalue weighted by molar-refractivity contribution is 0.309. The highest BCUT2D eigenvalue weighted by atomic mass is 16.5. The number of unbranched alkanes of at least 4 members (excludes halogenated alkanes) is 3. The fraction of sp³-hybridized carbons (Fsp3) is 0.231. The summed E-state index contributed by atoms with van der Waals surface area (Å²) in [6, 6.07) is 83.3. The van der Waals surface area contributed by atoms with Crippen LogP contribution in [0.1, 0.15) is 104 Å². The minimum atomic E-state index is 0.713. The molecule has 420 valence electrons. The Morgan fingerprint density at radius 3 is 1.12 bits per heavy atom. The van der Waals surface area contributed by atoms with Crippen molar-refractivity contribution in [2.45, 2.75) is 114 Å². The molecule has 0 aliphatic carbocycles. The van der Waals surface area contributed by atoms with E-state index in [-0.39, 0.29) is 0 Å². The van der Waals surface area contributed by atoms with Gasteiger partial charge in [0.05, 0.1) is 12.3 Å². The normalized spacial score (nSPS) is 11.1. The Kier molecular flexibility index (Phi) is 18.6. The summed E-state index contributed by atoms with van der Waals surface area (Å²) in [4.78, 5) is 9.64. The largest absolute Gasteiger partial charge is 0.494 e. The van der Waals surface area contributed by atoms with E-state index in [1.54, 1.807) is 0 Å². The third-order valence-corrected chi connectivity index (χ3v) is 16.0. The average Bonchev–Trinajstić information content (AvgIpc) is 3.70. The van der Waals surface area contributed by atoms with Gasteiger partial charge in [-0.3, -0.25) is 0 Å². The van der Waals surface area contributed by atoms with Crippen LogP contribution in [-0.2, 0) is 12.8 Å². The van der Waals surface area contributed by atoms with Crippen LogP contribution in [0.25, 0.3) is 11.1 Å². The Balaban J connectivity index is 1.06. The first-order valence-electron chi connectivity index (χ1n) is 30.2. The molecule has 0 unspecified atom stereocenters. The number of aryl methyl sites for hydroxylation is 8. The Bertz CT molecular complexity index is 3650. The molecule has 0 atom stereocenters. The van der Waals surface area contributed by atoms with E-state index < -0.39 is 0 Å². The highest BCUT2D eigenvalue weighted by Crippen LogP contribution is 2.45. The predicted octanol–water partition coefficient (Wildman–Crippen LogP) is 22.9. The molecule has 0 aliphatic rings. The van der Waals surface area contributed by atoms with Gasteiger partial charge in [-0.05, 0) is 258 Å². The number of nitrogens with zero attached hydrogens (tertiary/aromatic N) is 4. The summed E-state index contributed by atoms with van der Waals surface area (Å²) in [6.45, 7) is 20.6. The first kappa shape index (κ1) is 57.4.